The summed E-state index contributed by atoms with van der Waals surface area (Å²) in [5.74, 6) is 0. The number of hydrogen-bond acceptors (Lipinski definition) is 2. The van der Waals surface area contributed by atoms with Gasteiger partial charge in [-0.25, -0.2) is 4.98 Å². The summed E-state index contributed by atoms with van der Waals surface area (Å²) in [6.07, 6.45) is 1.61. The van der Waals surface area contributed by atoms with Crippen molar-refractivity contribution in [1.29, 1.82) is 0 Å². The summed E-state index contributed by atoms with van der Waals surface area (Å²) < 4.78 is 14.0. The molecule has 0 radical (unpaired) electrons. The van der Waals surface area contributed by atoms with Crippen LogP contribution in [0.25, 0.3) is 0 Å². The quantitative estimate of drug-likeness (QED) is 0.542. The van der Waals surface area contributed by atoms with Crippen molar-refractivity contribution in [2.75, 3.05) is 0 Å². The Morgan fingerprint density at radius 2 is 1.59 bits per heavy atom. The zero-order valence-corrected chi connectivity index (χ0v) is 13.8. The van der Waals surface area contributed by atoms with E-state index in [1.165, 1.54) is 0 Å². The Hall–Kier alpha value is -1.89. The summed E-state index contributed by atoms with van der Waals surface area (Å²) >= 11 is 5.88. The van der Waals surface area contributed by atoms with Crippen molar-refractivity contribution in [1.82, 2.24) is 4.98 Å². The van der Waals surface area contributed by atoms with Crippen LogP contribution in [0.1, 0.15) is 5.56 Å². The highest BCUT2D eigenvalue weighted by molar-refractivity contribution is 7.85. The SMILES string of the molecule is Cc1cccc(P(=O)(c2ccccc2)c2ccc(Cl)nc2)c1. The Labute approximate surface area is 135 Å². The molecule has 1 unspecified atom stereocenters. The number of pyridine rings is 1. The van der Waals surface area contributed by atoms with Gasteiger partial charge in [-0.3, -0.25) is 0 Å². The van der Waals surface area contributed by atoms with Gasteiger partial charge in [-0.1, -0.05) is 65.7 Å². The fourth-order valence-corrected chi connectivity index (χ4v) is 5.25. The number of nitrogens with zero attached hydrogens (tertiary/aromatic N) is 1. The second-order valence-corrected chi connectivity index (χ2v) is 8.28. The molecule has 0 amide bonds. The summed E-state index contributed by atoms with van der Waals surface area (Å²) in [6.45, 7) is 2.00. The lowest BCUT2D eigenvalue weighted by Crippen LogP contribution is -2.25. The summed E-state index contributed by atoms with van der Waals surface area (Å²) in [5, 5.41) is 2.69. The zero-order valence-electron chi connectivity index (χ0n) is 12.1. The van der Waals surface area contributed by atoms with Gasteiger partial charge in [-0.2, -0.15) is 0 Å². The molecule has 1 aromatic heterocycles. The van der Waals surface area contributed by atoms with E-state index >= 15 is 0 Å². The molecule has 110 valence electrons. The topological polar surface area (TPSA) is 30.0 Å². The maximum absolute atomic E-state index is 14.0. The van der Waals surface area contributed by atoms with Crippen LogP contribution >= 0.6 is 18.7 Å². The summed E-state index contributed by atoms with van der Waals surface area (Å²) in [6, 6.07) is 20.8. The first-order valence-electron chi connectivity index (χ1n) is 6.96. The Balaban J connectivity index is 2.27. The van der Waals surface area contributed by atoms with Crippen molar-refractivity contribution in [2.24, 2.45) is 0 Å². The Kier molecular flexibility index (Phi) is 4.15. The first kappa shape index (κ1) is 15.0. The molecule has 0 N–H and O–H groups in total. The highest BCUT2D eigenvalue weighted by atomic mass is 35.5. The van der Waals surface area contributed by atoms with E-state index in [2.05, 4.69) is 4.98 Å². The molecular formula is C18H15ClNOP. The lowest BCUT2D eigenvalue weighted by atomic mass is 10.2. The third-order valence-electron chi connectivity index (χ3n) is 3.56. The molecule has 2 nitrogen and oxygen atoms in total. The van der Waals surface area contributed by atoms with Gasteiger partial charge in [-0.15, -0.1) is 0 Å². The molecule has 4 heteroatoms. The van der Waals surface area contributed by atoms with Gasteiger partial charge in [0.05, 0.1) is 0 Å². The van der Waals surface area contributed by atoms with Crippen molar-refractivity contribution in [3.63, 3.8) is 0 Å². The van der Waals surface area contributed by atoms with Crippen LogP contribution < -0.4 is 15.9 Å². The van der Waals surface area contributed by atoms with Crippen LogP contribution in [0, 0.1) is 6.92 Å². The van der Waals surface area contributed by atoms with Crippen LogP contribution in [-0.2, 0) is 4.57 Å². The second kappa shape index (κ2) is 6.08. The molecule has 0 saturated carbocycles. The predicted octanol–water partition coefficient (Wildman–Crippen LogP) is 3.68. The van der Waals surface area contributed by atoms with E-state index in [0.29, 0.717) is 10.5 Å². The minimum absolute atomic E-state index is 0.396. The van der Waals surface area contributed by atoms with Crippen molar-refractivity contribution >= 4 is 34.7 Å². The highest BCUT2D eigenvalue weighted by Crippen LogP contribution is 2.42. The van der Waals surface area contributed by atoms with E-state index < -0.39 is 7.14 Å². The van der Waals surface area contributed by atoms with Crippen molar-refractivity contribution < 1.29 is 4.57 Å². The maximum atomic E-state index is 14.0. The minimum atomic E-state index is -2.94. The van der Waals surface area contributed by atoms with Crippen LogP contribution in [0.2, 0.25) is 5.15 Å². The van der Waals surface area contributed by atoms with Crippen LogP contribution in [-0.4, -0.2) is 4.98 Å². The molecule has 3 rings (SSSR count). The first-order chi connectivity index (χ1) is 10.6. The molecule has 0 saturated heterocycles. The number of aromatic nitrogens is 1. The third kappa shape index (κ3) is 2.72. The van der Waals surface area contributed by atoms with Gasteiger partial charge in [0, 0.05) is 22.1 Å². The van der Waals surface area contributed by atoms with Gasteiger partial charge in [0.2, 0.25) is 0 Å². The molecular weight excluding hydrogens is 313 g/mol. The minimum Gasteiger partial charge on any atom is -0.309 e. The summed E-state index contributed by atoms with van der Waals surface area (Å²) in [4.78, 5) is 4.11. The standard InChI is InChI=1S/C18H15ClNOP/c1-14-6-5-9-16(12-14)22(21,15-7-3-2-4-8-15)17-10-11-18(19)20-13-17/h2-13H,1H3. The van der Waals surface area contributed by atoms with Crippen LogP contribution in [0.4, 0.5) is 0 Å². The number of benzene rings is 2. The number of halogens is 1. The summed E-state index contributed by atoms with van der Waals surface area (Å²) in [7, 11) is -2.94. The molecule has 3 aromatic rings. The predicted molar refractivity (Wildman–Crippen MR) is 93.4 cm³/mol. The lowest BCUT2D eigenvalue weighted by Gasteiger charge is -2.20. The Morgan fingerprint density at radius 1 is 0.864 bits per heavy atom. The van der Waals surface area contributed by atoms with Gasteiger partial charge in [0.1, 0.15) is 5.15 Å². The number of aryl methyl sites for hydroxylation is 1. The van der Waals surface area contributed by atoms with E-state index in [0.717, 1.165) is 16.2 Å². The van der Waals surface area contributed by atoms with E-state index in [9.17, 15) is 4.57 Å². The molecule has 22 heavy (non-hydrogen) atoms. The maximum Gasteiger partial charge on any atom is 0.172 e. The average molecular weight is 328 g/mol. The van der Waals surface area contributed by atoms with Crippen LogP contribution in [0.15, 0.2) is 72.9 Å². The third-order valence-corrected chi connectivity index (χ3v) is 6.81. The molecule has 0 aliphatic rings. The molecule has 0 aliphatic carbocycles. The van der Waals surface area contributed by atoms with Crippen molar-refractivity contribution in [3.8, 4) is 0 Å². The second-order valence-electron chi connectivity index (χ2n) is 5.12. The molecule has 0 bridgehead atoms. The van der Waals surface area contributed by atoms with Gasteiger partial charge >= 0.3 is 0 Å². The van der Waals surface area contributed by atoms with E-state index in [1.807, 2.05) is 61.5 Å². The Morgan fingerprint density at radius 3 is 2.23 bits per heavy atom. The zero-order chi connectivity index (χ0) is 15.6. The molecule has 0 fully saturated rings. The van der Waals surface area contributed by atoms with Gasteiger partial charge in [0.15, 0.2) is 7.14 Å². The van der Waals surface area contributed by atoms with E-state index in [4.69, 9.17) is 11.6 Å². The lowest BCUT2D eigenvalue weighted by molar-refractivity contribution is 0.592. The highest BCUT2D eigenvalue weighted by Gasteiger charge is 2.29. The van der Waals surface area contributed by atoms with Crippen molar-refractivity contribution in [3.05, 3.63) is 83.6 Å². The van der Waals surface area contributed by atoms with Crippen LogP contribution in [0.5, 0.6) is 0 Å². The van der Waals surface area contributed by atoms with Gasteiger partial charge in [-0.05, 0) is 25.1 Å². The monoisotopic (exact) mass is 327 g/mol. The number of hydrogen-bond donors (Lipinski definition) is 0. The van der Waals surface area contributed by atoms with Gasteiger partial charge in [0.25, 0.3) is 0 Å². The fourth-order valence-electron chi connectivity index (χ4n) is 2.46. The van der Waals surface area contributed by atoms with Gasteiger partial charge < -0.3 is 4.57 Å². The van der Waals surface area contributed by atoms with E-state index in [-0.39, 0.29) is 0 Å². The summed E-state index contributed by atoms with van der Waals surface area (Å²) in [5.41, 5.74) is 1.08. The number of rotatable bonds is 3. The average Bonchev–Trinajstić information content (AvgIpc) is 2.55. The van der Waals surface area contributed by atoms with Crippen molar-refractivity contribution in [2.45, 2.75) is 6.92 Å². The van der Waals surface area contributed by atoms with E-state index in [1.54, 1.807) is 18.3 Å². The van der Waals surface area contributed by atoms with Crippen LogP contribution in [0.3, 0.4) is 0 Å². The first-order valence-corrected chi connectivity index (χ1v) is 9.04. The molecule has 1 heterocycles. The fraction of sp³-hybridized carbons (Fsp3) is 0.0556. The molecule has 1 atom stereocenters. The largest absolute Gasteiger partial charge is 0.309 e. The smallest absolute Gasteiger partial charge is 0.172 e. The molecule has 0 spiro atoms. The normalized spacial score (nSPS) is 13.5. The molecule has 2 aromatic carbocycles. The molecule has 0 aliphatic heterocycles. The Bertz CT molecular complexity index is 831.